The van der Waals surface area contributed by atoms with Crippen molar-refractivity contribution in [1.82, 2.24) is 0 Å². The number of hydrogen-bond acceptors (Lipinski definition) is 0. The van der Waals surface area contributed by atoms with Crippen molar-refractivity contribution in [3.63, 3.8) is 0 Å². The summed E-state index contributed by atoms with van der Waals surface area (Å²) in [7, 11) is 0. The average Bonchev–Trinajstić information content (AvgIpc) is 1.35. The first-order chi connectivity index (χ1) is 2.56. The van der Waals surface area contributed by atoms with Crippen LogP contribution in [0.4, 0.5) is 0 Å². The van der Waals surface area contributed by atoms with E-state index < -0.39 is 0 Å². The van der Waals surface area contributed by atoms with Crippen molar-refractivity contribution in [2.24, 2.45) is 5.41 Å². The van der Waals surface area contributed by atoms with Crippen molar-refractivity contribution >= 4 is 0 Å². The van der Waals surface area contributed by atoms with E-state index in [0.29, 0.717) is 5.41 Å². The second-order valence-corrected chi connectivity index (χ2v) is 2.81. The molecule has 0 fully saturated rings. The molecule has 0 unspecified atom stereocenters. The van der Waals surface area contributed by atoms with Gasteiger partial charge in [0.05, 0.1) is 0 Å². The minimum atomic E-state index is 0. The second-order valence-electron chi connectivity index (χ2n) is 2.81. The summed E-state index contributed by atoms with van der Waals surface area (Å²) in [5.74, 6) is 0. The largest absolute Gasteiger partial charge is 0.343 e. The van der Waals surface area contributed by atoms with E-state index in [-0.39, 0.29) is 19.5 Å². The SMILES string of the molecule is [CH2-]CC(C)(C)C.[Zn]. The molecule has 0 aromatic heterocycles. The molecule has 0 saturated carbocycles. The van der Waals surface area contributed by atoms with Crippen LogP contribution in [0.3, 0.4) is 0 Å². The van der Waals surface area contributed by atoms with Gasteiger partial charge in [0.25, 0.3) is 0 Å². The van der Waals surface area contributed by atoms with Crippen molar-refractivity contribution in [2.45, 2.75) is 27.2 Å². The van der Waals surface area contributed by atoms with E-state index >= 15 is 0 Å². The molecule has 0 bridgehead atoms. The van der Waals surface area contributed by atoms with Crippen molar-refractivity contribution in [2.75, 3.05) is 0 Å². The zero-order valence-corrected chi connectivity index (χ0v) is 8.59. The van der Waals surface area contributed by atoms with E-state index in [9.17, 15) is 0 Å². The Morgan fingerprint density at radius 2 is 1.43 bits per heavy atom. The van der Waals surface area contributed by atoms with Crippen LogP contribution in [0.25, 0.3) is 0 Å². The molecule has 0 aliphatic heterocycles. The van der Waals surface area contributed by atoms with Gasteiger partial charge in [-0.3, -0.25) is 0 Å². The summed E-state index contributed by atoms with van der Waals surface area (Å²) in [5.41, 5.74) is 0.431. The van der Waals surface area contributed by atoms with E-state index in [1.807, 2.05) is 0 Å². The topological polar surface area (TPSA) is 0 Å². The normalized spacial score (nSPS) is 10.3. The van der Waals surface area contributed by atoms with E-state index in [0.717, 1.165) is 6.42 Å². The molecular formula is C6H13Zn-. The van der Waals surface area contributed by atoms with Gasteiger partial charge in [-0.05, 0) is 0 Å². The van der Waals surface area contributed by atoms with Crippen LogP contribution in [-0.2, 0) is 19.5 Å². The summed E-state index contributed by atoms with van der Waals surface area (Å²) in [4.78, 5) is 0. The van der Waals surface area contributed by atoms with E-state index in [1.54, 1.807) is 0 Å². The standard InChI is InChI=1S/C6H13.Zn/c1-5-6(2,3)4;/h1,5H2,2-4H3;/q-1;. The molecule has 0 radical (unpaired) electrons. The average molecular weight is 151 g/mol. The Morgan fingerprint density at radius 3 is 1.43 bits per heavy atom. The van der Waals surface area contributed by atoms with Crippen LogP contribution >= 0.6 is 0 Å². The maximum Gasteiger partial charge on any atom is 0 e. The second kappa shape index (κ2) is 3.60. The monoisotopic (exact) mass is 149 g/mol. The Balaban J connectivity index is 0. The molecule has 0 spiro atoms. The molecule has 0 heterocycles. The van der Waals surface area contributed by atoms with Crippen LogP contribution in [-0.4, -0.2) is 0 Å². The predicted octanol–water partition coefficient (Wildman–Crippen LogP) is 2.25. The van der Waals surface area contributed by atoms with Crippen molar-refractivity contribution < 1.29 is 19.5 Å². The first-order valence-electron chi connectivity index (χ1n) is 2.35. The Labute approximate surface area is 59.4 Å². The molecule has 0 nitrogen and oxygen atoms in total. The van der Waals surface area contributed by atoms with E-state index in [1.165, 1.54) is 0 Å². The Kier molecular flexibility index (Phi) is 5.44. The van der Waals surface area contributed by atoms with E-state index in [2.05, 4.69) is 27.7 Å². The third-order valence-electron chi connectivity index (χ3n) is 0.750. The molecule has 0 aliphatic rings. The Hall–Kier alpha value is 0.623. The van der Waals surface area contributed by atoms with Gasteiger partial charge >= 0.3 is 0 Å². The summed E-state index contributed by atoms with van der Waals surface area (Å²) < 4.78 is 0. The zero-order chi connectivity index (χ0) is 5.21. The molecule has 0 saturated heterocycles. The Bertz CT molecular complexity index is 33.9. The molecule has 40 valence electrons. The van der Waals surface area contributed by atoms with Gasteiger partial charge in [-0.2, -0.15) is 6.42 Å². The van der Waals surface area contributed by atoms with Gasteiger partial charge in [0, 0.05) is 19.5 Å². The molecule has 0 aromatic carbocycles. The molecule has 0 aromatic rings. The van der Waals surface area contributed by atoms with Crippen LogP contribution < -0.4 is 0 Å². The molecular weight excluding hydrogens is 137 g/mol. The minimum absolute atomic E-state index is 0. The van der Waals surface area contributed by atoms with Gasteiger partial charge in [-0.1, -0.05) is 26.2 Å². The van der Waals surface area contributed by atoms with Crippen LogP contribution in [0.1, 0.15) is 27.2 Å². The van der Waals surface area contributed by atoms with Gasteiger partial charge in [-0.25, -0.2) is 0 Å². The van der Waals surface area contributed by atoms with Crippen LogP contribution in [0.5, 0.6) is 0 Å². The smallest absolute Gasteiger partial charge is 0 e. The molecule has 7 heavy (non-hydrogen) atoms. The fourth-order valence-electron chi connectivity index (χ4n) is 0. The summed E-state index contributed by atoms with van der Waals surface area (Å²) >= 11 is 0. The van der Waals surface area contributed by atoms with Crippen LogP contribution in [0.2, 0.25) is 0 Å². The summed E-state index contributed by atoms with van der Waals surface area (Å²) in [6.45, 7) is 10.3. The molecule has 0 rings (SSSR count). The maximum absolute atomic E-state index is 3.76. The van der Waals surface area contributed by atoms with Gasteiger partial charge < -0.3 is 6.92 Å². The van der Waals surface area contributed by atoms with Crippen molar-refractivity contribution in [3.05, 3.63) is 6.92 Å². The predicted molar refractivity (Wildman–Crippen MR) is 29.4 cm³/mol. The number of rotatable bonds is 0. The van der Waals surface area contributed by atoms with Gasteiger partial charge in [0.15, 0.2) is 0 Å². The fourth-order valence-corrected chi connectivity index (χ4v) is 0. The Morgan fingerprint density at radius 1 is 1.29 bits per heavy atom. The quantitative estimate of drug-likeness (QED) is 0.367. The summed E-state index contributed by atoms with van der Waals surface area (Å²) in [6, 6.07) is 0. The van der Waals surface area contributed by atoms with Crippen molar-refractivity contribution in [3.8, 4) is 0 Å². The fraction of sp³-hybridized carbons (Fsp3) is 0.833. The zero-order valence-electron chi connectivity index (χ0n) is 5.62. The minimum Gasteiger partial charge on any atom is -0.343 e. The molecule has 0 N–H and O–H groups in total. The van der Waals surface area contributed by atoms with Gasteiger partial charge in [0.1, 0.15) is 0 Å². The third-order valence-corrected chi connectivity index (χ3v) is 0.750. The molecule has 0 atom stereocenters. The van der Waals surface area contributed by atoms with Crippen LogP contribution in [0.15, 0.2) is 0 Å². The van der Waals surface area contributed by atoms with Crippen LogP contribution in [0, 0.1) is 12.3 Å². The van der Waals surface area contributed by atoms with E-state index in [4.69, 9.17) is 0 Å². The van der Waals surface area contributed by atoms with Gasteiger partial charge in [0.2, 0.25) is 0 Å². The first-order valence-corrected chi connectivity index (χ1v) is 2.35. The summed E-state index contributed by atoms with van der Waals surface area (Å²) in [6.07, 6.45) is 1.02. The third kappa shape index (κ3) is 10.8. The maximum atomic E-state index is 3.76. The molecule has 0 amide bonds. The summed E-state index contributed by atoms with van der Waals surface area (Å²) in [5, 5.41) is 0. The molecule has 0 aliphatic carbocycles. The van der Waals surface area contributed by atoms with Crippen molar-refractivity contribution in [1.29, 1.82) is 0 Å². The number of hydrogen-bond donors (Lipinski definition) is 0. The molecule has 1 heteroatoms. The first kappa shape index (κ1) is 10.6. The van der Waals surface area contributed by atoms with Gasteiger partial charge in [-0.15, -0.1) is 0 Å².